The Bertz CT molecular complexity index is 450. The van der Waals surface area contributed by atoms with Crippen LogP contribution in [0.2, 0.25) is 0 Å². The van der Waals surface area contributed by atoms with Gasteiger partial charge in [-0.15, -0.1) is 0 Å². The lowest BCUT2D eigenvalue weighted by Gasteiger charge is -2.30. The van der Waals surface area contributed by atoms with E-state index in [4.69, 9.17) is 10.5 Å². The molecule has 0 aliphatic heterocycles. The summed E-state index contributed by atoms with van der Waals surface area (Å²) in [6.45, 7) is 3.25. The van der Waals surface area contributed by atoms with Gasteiger partial charge in [0.1, 0.15) is 0 Å². The maximum atomic E-state index is 12.3. The van der Waals surface area contributed by atoms with E-state index in [1.165, 1.54) is 0 Å². The second-order valence-electron chi connectivity index (χ2n) is 4.56. The Hall–Kier alpha value is -1.79. The number of aliphatic hydroxyl groups excluding tert-OH is 2. The molecule has 1 rings (SSSR count). The van der Waals surface area contributed by atoms with E-state index in [9.17, 15) is 15.0 Å². The van der Waals surface area contributed by atoms with Crippen molar-refractivity contribution in [2.75, 3.05) is 25.6 Å². The van der Waals surface area contributed by atoms with Gasteiger partial charge < -0.3 is 26.0 Å². The Labute approximate surface area is 118 Å². The fraction of sp³-hybridized carbons (Fsp3) is 0.500. The number of rotatable bonds is 7. The minimum atomic E-state index is -1.05. The number of aliphatic hydroxyl groups is 2. The summed E-state index contributed by atoms with van der Waals surface area (Å²) in [5.41, 5.74) is 5.41. The topological polar surface area (TPSA) is 105 Å². The third kappa shape index (κ3) is 3.40. The first-order chi connectivity index (χ1) is 9.53. The average Bonchev–Trinajstić information content (AvgIpc) is 2.47. The van der Waals surface area contributed by atoms with Gasteiger partial charge in [0.15, 0.2) is 5.75 Å². The molecule has 0 heterocycles. The first-order valence-corrected chi connectivity index (χ1v) is 6.59. The average molecular weight is 282 g/mol. The van der Waals surface area contributed by atoms with Crippen molar-refractivity contribution < 1.29 is 19.7 Å². The maximum Gasteiger partial charge on any atom is 0.255 e. The fourth-order valence-electron chi connectivity index (χ4n) is 1.79. The molecule has 1 aromatic carbocycles. The van der Waals surface area contributed by atoms with Crippen LogP contribution in [0.1, 0.15) is 30.6 Å². The summed E-state index contributed by atoms with van der Waals surface area (Å²) in [4.78, 5) is 12.3. The molecular weight excluding hydrogens is 260 g/mol. The van der Waals surface area contributed by atoms with Crippen molar-refractivity contribution in [1.82, 2.24) is 5.32 Å². The Morgan fingerprint density at radius 2 is 2.00 bits per heavy atom. The molecule has 0 radical (unpaired) electrons. The van der Waals surface area contributed by atoms with Crippen LogP contribution in [0, 0.1) is 0 Å². The fourth-order valence-corrected chi connectivity index (χ4v) is 1.79. The summed E-state index contributed by atoms with van der Waals surface area (Å²) < 4.78 is 5.39. The summed E-state index contributed by atoms with van der Waals surface area (Å²) >= 11 is 0. The maximum absolute atomic E-state index is 12.3. The van der Waals surface area contributed by atoms with Gasteiger partial charge in [-0.3, -0.25) is 4.79 Å². The van der Waals surface area contributed by atoms with Crippen molar-refractivity contribution >= 4 is 11.6 Å². The second kappa shape index (κ2) is 7.12. The molecule has 0 bridgehead atoms. The van der Waals surface area contributed by atoms with Gasteiger partial charge in [-0.05, 0) is 25.5 Å². The van der Waals surface area contributed by atoms with Crippen LogP contribution in [-0.2, 0) is 0 Å². The minimum Gasteiger partial charge on any atom is -0.491 e. The number of anilines is 1. The van der Waals surface area contributed by atoms with Crippen LogP contribution in [0.5, 0.6) is 5.75 Å². The third-order valence-corrected chi connectivity index (χ3v) is 3.24. The van der Waals surface area contributed by atoms with E-state index in [2.05, 4.69) is 5.32 Å². The molecular formula is C14H22N2O4. The van der Waals surface area contributed by atoms with Gasteiger partial charge in [0.25, 0.3) is 5.91 Å². The lowest BCUT2D eigenvalue weighted by atomic mass is 9.97. The van der Waals surface area contributed by atoms with E-state index in [0.29, 0.717) is 24.5 Å². The van der Waals surface area contributed by atoms with Gasteiger partial charge in [-0.1, -0.05) is 13.0 Å². The number of amides is 1. The third-order valence-electron chi connectivity index (χ3n) is 3.24. The smallest absolute Gasteiger partial charge is 0.255 e. The van der Waals surface area contributed by atoms with Crippen LogP contribution >= 0.6 is 0 Å². The van der Waals surface area contributed by atoms with Crippen LogP contribution in [0.15, 0.2) is 18.2 Å². The zero-order chi connectivity index (χ0) is 15.2. The van der Waals surface area contributed by atoms with Crippen molar-refractivity contribution in [2.45, 2.75) is 25.8 Å². The standard InChI is InChI=1S/C14H22N2O4/c1-3-14(8-17,9-18)16-13(19)10-6-5-7-11(15)12(10)20-4-2/h5-7,17-18H,3-4,8-9,15H2,1-2H3,(H,16,19). The zero-order valence-electron chi connectivity index (χ0n) is 11.8. The highest BCUT2D eigenvalue weighted by Crippen LogP contribution is 2.27. The highest BCUT2D eigenvalue weighted by Gasteiger charge is 2.30. The highest BCUT2D eigenvalue weighted by molar-refractivity contribution is 5.99. The number of nitrogens with two attached hydrogens (primary N) is 1. The highest BCUT2D eigenvalue weighted by atomic mass is 16.5. The molecule has 112 valence electrons. The molecule has 0 aliphatic carbocycles. The van der Waals surface area contributed by atoms with Crippen molar-refractivity contribution in [2.24, 2.45) is 0 Å². The predicted octanol–water partition coefficient (Wildman–Crippen LogP) is 0.531. The van der Waals surface area contributed by atoms with Gasteiger partial charge in [0.05, 0.1) is 36.6 Å². The predicted molar refractivity (Wildman–Crippen MR) is 76.7 cm³/mol. The molecule has 1 amide bonds. The van der Waals surface area contributed by atoms with Crippen LogP contribution in [0.25, 0.3) is 0 Å². The number of benzene rings is 1. The Kier molecular flexibility index (Phi) is 5.79. The summed E-state index contributed by atoms with van der Waals surface area (Å²) in [6, 6.07) is 4.89. The lowest BCUT2D eigenvalue weighted by Crippen LogP contribution is -2.53. The number of carbonyl (C=O) groups excluding carboxylic acids is 1. The molecule has 5 N–H and O–H groups in total. The quantitative estimate of drug-likeness (QED) is 0.546. The molecule has 0 unspecified atom stereocenters. The number of carbonyl (C=O) groups is 1. The number of nitrogen functional groups attached to an aromatic ring is 1. The molecule has 6 heteroatoms. The Morgan fingerprint density at radius 3 is 2.50 bits per heavy atom. The van der Waals surface area contributed by atoms with Crippen molar-refractivity contribution in [3.05, 3.63) is 23.8 Å². The molecule has 6 nitrogen and oxygen atoms in total. The van der Waals surface area contributed by atoms with Crippen LogP contribution in [-0.4, -0.2) is 41.5 Å². The largest absolute Gasteiger partial charge is 0.491 e. The van der Waals surface area contributed by atoms with Gasteiger partial charge in [-0.2, -0.15) is 0 Å². The van der Waals surface area contributed by atoms with Gasteiger partial charge in [0, 0.05) is 0 Å². The summed E-state index contributed by atoms with van der Waals surface area (Å²) in [7, 11) is 0. The molecule has 0 saturated carbocycles. The number of hydrogen-bond donors (Lipinski definition) is 4. The van der Waals surface area contributed by atoms with Crippen LogP contribution < -0.4 is 15.8 Å². The number of nitrogens with one attached hydrogen (secondary N) is 1. The van der Waals surface area contributed by atoms with Gasteiger partial charge in [-0.25, -0.2) is 0 Å². The molecule has 1 aromatic rings. The van der Waals surface area contributed by atoms with E-state index in [-0.39, 0.29) is 18.8 Å². The van der Waals surface area contributed by atoms with Crippen molar-refractivity contribution in [3.63, 3.8) is 0 Å². The van der Waals surface area contributed by atoms with E-state index in [1.807, 2.05) is 0 Å². The first-order valence-electron chi connectivity index (χ1n) is 6.59. The Balaban J connectivity index is 3.06. The summed E-state index contributed by atoms with van der Waals surface area (Å²) in [5.74, 6) is -0.126. The second-order valence-corrected chi connectivity index (χ2v) is 4.56. The normalized spacial score (nSPS) is 11.2. The van der Waals surface area contributed by atoms with E-state index in [1.54, 1.807) is 32.0 Å². The van der Waals surface area contributed by atoms with Crippen molar-refractivity contribution in [3.8, 4) is 5.75 Å². The molecule has 0 aromatic heterocycles. The SMILES string of the molecule is CCOc1c(N)cccc1C(=O)NC(CC)(CO)CO. The molecule has 20 heavy (non-hydrogen) atoms. The monoisotopic (exact) mass is 282 g/mol. The van der Waals surface area contributed by atoms with E-state index < -0.39 is 11.4 Å². The summed E-state index contributed by atoms with van der Waals surface area (Å²) in [5, 5.41) is 21.4. The van der Waals surface area contributed by atoms with Crippen molar-refractivity contribution in [1.29, 1.82) is 0 Å². The first kappa shape index (κ1) is 16.3. The summed E-state index contributed by atoms with van der Waals surface area (Å²) in [6.07, 6.45) is 0.401. The van der Waals surface area contributed by atoms with E-state index >= 15 is 0 Å². The minimum absolute atomic E-state index is 0.284. The van der Waals surface area contributed by atoms with Crippen LogP contribution in [0.4, 0.5) is 5.69 Å². The molecule has 0 fully saturated rings. The number of hydrogen-bond acceptors (Lipinski definition) is 5. The van der Waals surface area contributed by atoms with Crippen LogP contribution in [0.3, 0.4) is 0 Å². The molecule has 0 aliphatic rings. The molecule has 0 saturated heterocycles. The number of ether oxygens (including phenoxy) is 1. The molecule has 0 atom stereocenters. The van der Waals surface area contributed by atoms with Gasteiger partial charge in [0.2, 0.25) is 0 Å². The molecule has 0 spiro atoms. The van der Waals surface area contributed by atoms with Gasteiger partial charge >= 0.3 is 0 Å². The Morgan fingerprint density at radius 1 is 1.35 bits per heavy atom. The number of para-hydroxylation sites is 1. The lowest BCUT2D eigenvalue weighted by molar-refractivity contribution is 0.0650. The van der Waals surface area contributed by atoms with E-state index in [0.717, 1.165) is 0 Å². The zero-order valence-corrected chi connectivity index (χ0v) is 11.8.